The van der Waals surface area contributed by atoms with Crippen LogP contribution in [-0.2, 0) is 9.53 Å². The van der Waals surface area contributed by atoms with Gasteiger partial charge in [0.05, 0.1) is 15.8 Å². The molecule has 0 N–H and O–H groups in total. The van der Waals surface area contributed by atoms with Crippen LogP contribution in [0.5, 0.6) is 0 Å². The molecule has 3 aromatic rings. The molecule has 0 fully saturated rings. The summed E-state index contributed by atoms with van der Waals surface area (Å²) in [4.78, 5) is 30.9. The average Bonchev–Trinajstić information content (AvgIpc) is 3.06. The van der Waals surface area contributed by atoms with Gasteiger partial charge in [-0.05, 0) is 50.1 Å². The summed E-state index contributed by atoms with van der Waals surface area (Å²) in [6.07, 6.45) is 0. The van der Waals surface area contributed by atoms with Crippen molar-refractivity contribution in [3.8, 4) is 0 Å². The predicted molar refractivity (Wildman–Crippen MR) is 104 cm³/mol. The van der Waals surface area contributed by atoms with Gasteiger partial charge in [-0.25, -0.2) is 9.78 Å². The third kappa shape index (κ3) is 3.60. The Balaban J connectivity index is 1.71. The fourth-order valence-electron chi connectivity index (χ4n) is 2.65. The Morgan fingerprint density at radius 3 is 2.62 bits per heavy atom. The number of thiazole rings is 1. The number of carbonyl (C=O) groups excluding carboxylic acids is 2. The molecule has 0 aliphatic carbocycles. The largest absolute Gasteiger partial charge is 0.452 e. The molecule has 1 amide bonds. The number of esters is 1. The van der Waals surface area contributed by atoms with Gasteiger partial charge in [-0.3, -0.25) is 9.69 Å². The molecule has 6 heteroatoms. The number of likely N-dealkylation sites (N-methyl/N-ethyl adjacent to an activating group) is 1. The lowest BCUT2D eigenvalue weighted by Crippen LogP contribution is -2.34. The highest BCUT2D eigenvalue weighted by Gasteiger charge is 2.20. The molecule has 0 radical (unpaired) electrons. The van der Waals surface area contributed by atoms with Gasteiger partial charge in [-0.15, -0.1) is 0 Å². The monoisotopic (exact) mass is 368 g/mol. The minimum absolute atomic E-state index is 0.287. The van der Waals surface area contributed by atoms with E-state index in [0.717, 1.165) is 21.3 Å². The highest BCUT2D eigenvalue weighted by Crippen LogP contribution is 2.28. The van der Waals surface area contributed by atoms with E-state index in [4.69, 9.17) is 4.74 Å². The maximum Gasteiger partial charge on any atom is 0.338 e. The maximum atomic E-state index is 12.6. The molecule has 2 aromatic carbocycles. The van der Waals surface area contributed by atoms with Gasteiger partial charge < -0.3 is 4.74 Å². The summed E-state index contributed by atoms with van der Waals surface area (Å²) >= 11 is 1.45. The summed E-state index contributed by atoms with van der Waals surface area (Å²) in [5.74, 6) is -0.773. The average molecular weight is 368 g/mol. The fraction of sp³-hybridized carbons (Fsp3) is 0.250. The van der Waals surface area contributed by atoms with Gasteiger partial charge in [0, 0.05) is 6.54 Å². The first kappa shape index (κ1) is 18.1. The Bertz CT molecular complexity index is 932. The number of aryl methyl sites for hydroxylation is 1. The quantitative estimate of drug-likeness (QED) is 0.636. The molecule has 0 aliphatic heterocycles. The van der Waals surface area contributed by atoms with Crippen molar-refractivity contribution >= 4 is 38.6 Å². The number of rotatable bonds is 5. The third-order valence-corrected chi connectivity index (χ3v) is 5.34. The summed E-state index contributed by atoms with van der Waals surface area (Å²) < 4.78 is 6.27. The number of hydrogen-bond donors (Lipinski definition) is 0. The number of aromatic nitrogens is 1. The van der Waals surface area contributed by atoms with Gasteiger partial charge in [-0.1, -0.05) is 35.6 Å². The summed E-state index contributed by atoms with van der Waals surface area (Å²) in [7, 11) is 0. The van der Waals surface area contributed by atoms with Crippen molar-refractivity contribution in [2.45, 2.75) is 20.8 Å². The Labute approximate surface area is 156 Å². The number of carbonyl (C=O) groups is 2. The Morgan fingerprint density at radius 2 is 1.88 bits per heavy atom. The van der Waals surface area contributed by atoms with Crippen LogP contribution in [0.25, 0.3) is 10.2 Å². The van der Waals surface area contributed by atoms with Gasteiger partial charge >= 0.3 is 5.97 Å². The molecule has 0 unspecified atom stereocenters. The van der Waals surface area contributed by atoms with Crippen LogP contribution in [0.1, 0.15) is 28.4 Å². The van der Waals surface area contributed by atoms with Crippen LogP contribution >= 0.6 is 11.3 Å². The molecule has 0 saturated carbocycles. The van der Waals surface area contributed by atoms with E-state index in [1.54, 1.807) is 17.0 Å². The molecule has 134 valence electrons. The van der Waals surface area contributed by atoms with Crippen molar-refractivity contribution in [3.05, 3.63) is 59.2 Å². The second-order valence-corrected chi connectivity index (χ2v) is 6.93. The first-order valence-corrected chi connectivity index (χ1v) is 9.22. The smallest absolute Gasteiger partial charge is 0.338 e. The van der Waals surface area contributed by atoms with E-state index in [9.17, 15) is 9.59 Å². The minimum Gasteiger partial charge on any atom is -0.452 e. The van der Waals surface area contributed by atoms with Crippen molar-refractivity contribution < 1.29 is 14.3 Å². The van der Waals surface area contributed by atoms with E-state index in [0.29, 0.717) is 17.2 Å². The molecule has 1 heterocycles. The van der Waals surface area contributed by atoms with E-state index in [1.165, 1.54) is 11.3 Å². The molecular formula is C20H20N2O3S. The molecule has 3 rings (SSSR count). The van der Waals surface area contributed by atoms with Gasteiger partial charge in [0.1, 0.15) is 0 Å². The van der Waals surface area contributed by atoms with E-state index in [2.05, 4.69) is 4.98 Å². The standard InChI is InChI=1S/C20H20N2O3S/c1-4-22(20-21-16-10-5-6-11-17(16)26-20)18(23)12-25-19(24)15-9-7-8-13(2)14(15)3/h5-11H,4,12H2,1-3H3. The molecule has 5 nitrogen and oxygen atoms in total. The molecule has 0 spiro atoms. The number of hydrogen-bond acceptors (Lipinski definition) is 5. The highest BCUT2D eigenvalue weighted by molar-refractivity contribution is 7.22. The fourth-order valence-corrected chi connectivity index (χ4v) is 3.70. The van der Waals surface area contributed by atoms with Crippen LogP contribution in [0.3, 0.4) is 0 Å². The molecule has 0 bridgehead atoms. The zero-order valence-corrected chi connectivity index (χ0v) is 15.8. The molecule has 0 saturated heterocycles. The molecule has 26 heavy (non-hydrogen) atoms. The normalized spacial score (nSPS) is 10.7. The van der Waals surface area contributed by atoms with E-state index < -0.39 is 5.97 Å². The van der Waals surface area contributed by atoms with Crippen molar-refractivity contribution in [1.82, 2.24) is 4.98 Å². The van der Waals surface area contributed by atoms with E-state index in [-0.39, 0.29) is 12.5 Å². The SMILES string of the molecule is CCN(C(=O)COC(=O)c1cccc(C)c1C)c1nc2ccccc2s1. The third-order valence-electron chi connectivity index (χ3n) is 4.28. The zero-order valence-electron chi connectivity index (χ0n) is 15.0. The van der Waals surface area contributed by atoms with Crippen molar-refractivity contribution in [1.29, 1.82) is 0 Å². The first-order chi connectivity index (χ1) is 12.5. The summed E-state index contributed by atoms with van der Waals surface area (Å²) in [6.45, 7) is 5.82. The summed E-state index contributed by atoms with van der Waals surface area (Å²) in [5.41, 5.74) is 3.21. The zero-order chi connectivity index (χ0) is 18.7. The van der Waals surface area contributed by atoms with Crippen LogP contribution in [-0.4, -0.2) is 30.0 Å². The highest BCUT2D eigenvalue weighted by atomic mass is 32.1. The molecule has 0 atom stereocenters. The lowest BCUT2D eigenvalue weighted by atomic mass is 10.0. The number of para-hydroxylation sites is 1. The number of ether oxygens (including phenoxy) is 1. The summed E-state index contributed by atoms with van der Waals surface area (Å²) in [5, 5.41) is 0.612. The van der Waals surface area contributed by atoms with Crippen molar-refractivity contribution in [3.63, 3.8) is 0 Å². The van der Waals surface area contributed by atoms with Crippen LogP contribution in [0.4, 0.5) is 5.13 Å². The van der Waals surface area contributed by atoms with E-state index in [1.807, 2.05) is 51.1 Å². The van der Waals surface area contributed by atoms with Gasteiger partial charge in [-0.2, -0.15) is 0 Å². The maximum absolute atomic E-state index is 12.6. The minimum atomic E-state index is -0.486. The summed E-state index contributed by atoms with van der Waals surface area (Å²) in [6, 6.07) is 13.2. The number of fused-ring (bicyclic) bond motifs is 1. The molecular weight excluding hydrogens is 348 g/mol. The Kier molecular flexibility index (Phi) is 5.32. The van der Waals surface area contributed by atoms with Gasteiger partial charge in [0.25, 0.3) is 5.91 Å². The van der Waals surface area contributed by atoms with Gasteiger partial charge in [0.15, 0.2) is 11.7 Å². The lowest BCUT2D eigenvalue weighted by Gasteiger charge is -2.17. The van der Waals surface area contributed by atoms with Gasteiger partial charge in [0.2, 0.25) is 0 Å². The van der Waals surface area contributed by atoms with Crippen molar-refractivity contribution in [2.75, 3.05) is 18.1 Å². The Hall–Kier alpha value is -2.73. The number of amides is 1. The van der Waals surface area contributed by atoms with Crippen LogP contribution in [0, 0.1) is 13.8 Å². The molecule has 1 aromatic heterocycles. The molecule has 0 aliphatic rings. The second kappa shape index (κ2) is 7.66. The first-order valence-electron chi connectivity index (χ1n) is 8.40. The predicted octanol–water partition coefficient (Wildman–Crippen LogP) is 4.12. The lowest BCUT2D eigenvalue weighted by molar-refractivity contribution is -0.121. The number of benzene rings is 2. The van der Waals surface area contributed by atoms with Crippen LogP contribution in [0.2, 0.25) is 0 Å². The topological polar surface area (TPSA) is 59.5 Å². The Morgan fingerprint density at radius 1 is 1.12 bits per heavy atom. The van der Waals surface area contributed by atoms with Crippen LogP contribution < -0.4 is 4.90 Å². The van der Waals surface area contributed by atoms with Crippen molar-refractivity contribution in [2.24, 2.45) is 0 Å². The second-order valence-electron chi connectivity index (χ2n) is 5.93. The van der Waals surface area contributed by atoms with Crippen LogP contribution in [0.15, 0.2) is 42.5 Å². The van der Waals surface area contributed by atoms with E-state index >= 15 is 0 Å². The number of anilines is 1. The number of nitrogens with zero attached hydrogens (tertiary/aromatic N) is 2.